The number of carbonyl (C=O) groups is 2. The molecule has 3 aromatic rings. The Kier molecular flexibility index (Phi) is 6.31. The van der Waals surface area contributed by atoms with Gasteiger partial charge in [0.1, 0.15) is 0 Å². The Morgan fingerprint density at radius 3 is 2.42 bits per heavy atom. The van der Waals surface area contributed by atoms with Crippen LogP contribution in [0.3, 0.4) is 0 Å². The number of hydrogen-bond donors (Lipinski definition) is 2. The summed E-state index contributed by atoms with van der Waals surface area (Å²) in [5.41, 5.74) is 4.42. The lowest BCUT2D eigenvalue weighted by Gasteiger charge is -2.30. The number of allylic oxidation sites excluding steroid dienone is 1. The SMILES string of the molecule is C=C(Cc1c(C2CCC2)c(C(=O)O)cc2ccccc12)c1ccccc1/C=C(\O)C(=O)OC. The molecule has 0 saturated heterocycles. The van der Waals surface area contributed by atoms with E-state index in [9.17, 15) is 19.8 Å². The number of methoxy groups -OCH3 is 1. The summed E-state index contributed by atoms with van der Waals surface area (Å²) < 4.78 is 4.59. The maximum Gasteiger partial charge on any atom is 0.373 e. The highest BCUT2D eigenvalue weighted by Gasteiger charge is 2.29. The Bertz CT molecular complexity index is 1280. The van der Waals surface area contributed by atoms with Gasteiger partial charge in [-0.15, -0.1) is 0 Å². The lowest BCUT2D eigenvalue weighted by atomic mass is 9.74. The van der Waals surface area contributed by atoms with Crippen LogP contribution in [-0.4, -0.2) is 29.3 Å². The summed E-state index contributed by atoms with van der Waals surface area (Å²) in [5, 5.41) is 22.0. The van der Waals surface area contributed by atoms with Crippen molar-refractivity contribution < 1.29 is 24.5 Å². The summed E-state index contributed by atoms with van der Waals surface area (Å²) in [5.74, 6) is -2.00. The first-order chi connectivity index (χ1) is 15.9. The molecule has 168 valence electrons. The van der Waals surface area contributed by atoms with Gasteiger partial charge < -0.3 is 14.9 Å². The smallest absolute Gasteiger partial charge is 0.373 e. The van der Waals surface area contributed by atoms with Crippen molar-refractivity contribution in [2.24, 2.45) is 0 Å². The largest absolute Gasteiger partial charge is 0.502 e. The Labute approximate surface area is 192 Å². The van der Waals surface area contributed by atoms with Crippen molar-refractivity contribution in [3.63, 3.8) is 0 Å². The van der Waals surface area contributed by atoms with Gasteiger partial charge in [-0.2, -0.15) is 0 Å². The van der Waals surface area contributed by atoms with E-state index < -0.39 is 17.7 Å². The van der Waals surface area contributed by atoms with E-state index >= 15 is 0 Å². The van der Waals surface area contributed by atoms with Crippen LogP contribution in [0.1, 0.15) is 57.8 Å². The second-order valence-corrected chi connectivity index (χ2v) is 8.36. The molecule has 0 spiro atoms. The van der Waals surface area contributed by atoms with Crippen LogP contribution in [0, 0.1) is 0 Å². The molecular weight excluding hydrogens is 416 g/mol. The average Bonchev–Trinajstić information content (AvgIpc) is 2.78. The number of fused-ring (bicyclic) bond motifs is 1. The van der Waals surface area contributed by atoms with Crippen molar-refractivity contribution in [2.45, 2.75) is 31.6 Å². The third kappa shape index (κ3) is 4.40. The number of benzene rings is 3. The summed E-state index contributed by atoms with van der Waals surface area (Å²) in [7, 11) is 1.21. The molecule has 5 nitrogen and oxygen atoms in total. The molecule has 1 aliphatic rings. The highest BCUT2D eigenvalue weighted by atomic mass is 16.5. The van der Waals surface area contributed by atoms with Crippen LogP contribution in [0.4, 0.5) is 0 Å². The minimum atomic E-state index is -0.916. The standard InChI is InChI=1S/C28H26O5/c1-17(21-12-5-3-9-20(21)16-25(29)28(32)33-2)14-23-22-13-6-4-8-19(22)15-24(27(30)31)26(23)18-10-7-11-18/h3-6,8-9,12-13,15-16,18,29H,1,7,10-11,14H2,2H3,(H,30,31)/b25-16-. The summed E-state index contributed by atoms with van der Waals surface area (Å²) in [6, 6.07) is 17.0. The Hall–Kier alpha value is -3.86. The normalized spacial score (nSPS) is 14.0. The van der Waals surface area contributed by atoms with E-state index in [0.29, 0.717) is 17.5 Å². The molecule has 2 N–H and O–H groups in total. The second-order valence-electron chi connectivity index (χ2n) is 8.36. The molecule has 5 heteroatoms. The third-order valence-corrected chi connectivity index (χ3v) is 6.36. The number of esters is 1. The summed E-state index contributed by atoms with van der Waals surface area (Å²) in [6.07, 6.45) is 4.87. The van der Waals surface area contributed by atoms with E-state index in [-0.39, 0.29) is 5.92 Å². The van der Waals surface area contributed by atoms with E-state index in [1.807, 2.05) is 42.5 Å². The number of aliphatic hydroxyl groups is 1. The van der Waals surface area contributed by atoms with Gasteiger partial charge in [0, 0.05) is 0 Å². The van der Waals surface area contributed by atoms with Crippen LogP contribution >= 0.6 is 0 Å². The fourth-order valence-electron chi connectivity index (χ4n) is 4.53. The molecule has 1 aliphatic carbocycles. The number of aromatic carboxylic acids is 1. The molecular formula is C28H26O5. The molecule has 33 heavy (non-hydrogen) atoms. The van der Waals surface area contributed by atoms with Crippen molar-refractivity contribution >= 4 is 34.4 Å². The van der Waals surface area contributed by atoms with Crippen molar-refractivity contribution in [3.05, 3.63) is 94.8 Å². The molecule has 3 aromatic carbocycles. The van der Waals surface area contributed by atoms with Crippen molar-refractivity contribution in [3.8, 4) is 0 Å². The highest BCUT2D eigenvalue weighted by Crippen LogP contribution is 2.43. The van der Waals surface area contributed by atoms with Gasteiger partial charge in [-0.25, -0.2) is 9.59 Å². The van der Waals surface area contributed by atoms with Gasteiger partial charge in [-0.1, -0.05) is 61.5 Å². The number of carbonyl (C=O) groups excluding carboxylic acids is 1. The van der Waals surface area contributed by atoms with Crippen LogP contribution in [0.5, 0.6) is 0 Å². The lowest BCUT2D eigenvalue weighted by Crippen LogP contribution is -2.17. The zero-order valence-electron chi connectivity index (χ0n) is 18.5. The number of ether oxygens (including phenoxy) is 1. The van der Waals surface area contributed by atoms with E-state index in [0.717, 1.165) is 52.3 Å². The number of carboxylic acid groups (broad SMARTS) is 1. The Balaban J connectivity index is 1.83. The van der Waals surface area contributed by atoms with Crippen LogP contribution in [0.25, 0.3) is 22.4 Å². The van der Waals surface area contributed by atoms with Crippen LogP contribution in [0.2, 0.25) is 0 Å². The van der Waals surface area contributed by atoms with Crippen LogP contribution < -0.4 is 0 Å². The first-order valence-corrected chi connectivity index (χ1v) is 10.9. The second kappa shape index (κ2) is 9.33. The zero-order chi connectivity index (χ0) is 23.5. The fourth-order valence-corrected chi connectivity index (χ4v) is 4.53. The van der Waals surface area contributed by atoms with Crippen molar-refractivity contribution in [2.75, 3.05) is 7.11 Å². The molecule has 0 amide bonds. The van der Waals surface area contributed by atoms with E-state index in [2.05, 4.69) is 11.3 Å². The molecule has 0 heterocycles. The van der Waals surface area contributed by atoms with Crippen LogP contribution in [0.15, 0.2) is 66.9 Å². The summed E-state index contributed by atoms with van der Waals surface area (Å²) in [4.78, 5) is 23.9. The number of rotatable bonds is 7. The Morgan fingerprint density at radius 2 is 1.76 bits per heavy atom. The van der Waals surface area contributed by atoms with Gasteiger partial charge in [0.2, 0.25) is 5.76 Å². The summed E-state index contributed by atoms with van der Waals surface area (Å²) >= 11 is 0. The molecule has 0 radical (unpaired) electrons. The maximum atomic E-state index is 12.2. The predicted molar refractivity (Wildman–Crippen MR) is 129 cm³/mol. The van der Waals surface area contributed by atoms with Crippen molar-refractivity contribution in [1.82, 2.24) is 0 Å². The fraction of sp³-hybridized carbons (Fsp3) is 0.214. The third-order valence-electron chi connectivity index (χ3n) is 6.36. The molecule has 0 aromatic heterocycles. The van der Waals surface area contributed by atoms with Gasteiger partial charge in [0.25, 0.3) is 0 Å². The maximum absolute atomic E-state index is 12.2. The van der Waals surface area contributed by atoms with E-state index in [1.165, 1.54) is 13.2 Å². The topological polar surface area (TPSA) is 83.8 Å². The highest BCUT2D eigenvalue weighted by molar-refractivity contribution is 5.99. The first kappa shape index (κ1) is 22.3. The van der Waals surface area contributed by atoms with Gasteiger partial charge >= 0.3 is 11.9 Å². The zero-order valence-corrected chi connectivity index (χ0v) is 18.5. The van der Waals surface area contributed by atoms with Gasteiger partial charge in [-0.3, -0.25) is 0 Å². The van der Waals surface area contributed by atoms with Gasteiger partial charge in [-0.05, 0) is 75.9 Å². The molecule has 0 aliphatic heterocycles. The molecule has 4 rings (SSSR count). The number of aliphatic hydroxyl groups excluding tert-OH is 1. The predicted octanol–water partition coefficient (Wildman–Crippen LogP) is 6.13. The molecule has 0 unspecified atom stereocenters. The molecule has 0 bridgehead atoms. The monoisotopic (exact) mass is 442 g/mol. The molecule has 0 atom stereocenters. The van der Waals surface area contributed by atoms with Gasteiger partial charge in [0.15, 0.2) is 0 Å². The quantitative estimate of drug-likeness (QED) is 0.261. The number of carboxylic acids is 1. The summed E-state index contributed by atoms with van der Waals surface area (Å²) in [6.45, 7) is 4.30. The molecule has 1 fully saturated rings. The van der Waals surface area contributed by atoms with E-state index in [1.54, 1.807) is 12.1 Å². The van der Waals surface area contributed by atoms with Crippen molar-refractivity contribution in [1.29, 1.82) is 0 Å². The minimum absolute atomic E-state index is 0.224. The van der Waals surface area contributed by atoms with Gasteiger partial charge in [0.05, 0.1) is 12.7 Å². The first-order valence-electron chi connectivity index (χ1n) is 10.9. The molecule has 1 saturated carbocycles. The minimum Gasteiger partial charge on any atom is -0.502 e. The number of hydrogen-bond acceptors (Lipinski definition) is 4. The van der Waals surface area contributed by atoms with Crippen LogP contribution in [-0.2, 0) is 16.0 Å². The lowest BCUT2D eigenvalue weighted by molar-refractivity contribution is -0.138. The van der Waals surface area contributed by atoms with E-state index in [4.69, 9.17) is 0 Å². The average molecular weight is 443 g/mol. The Morgan fingerprint density at radius 1 is 1.06 bits per heavy atom.